The number of nitrogens with one attached hydrogen (secondary N) is 1. The molecular formula is C21H25NO. The Morgan fingerprint density at radius 3 is 2.57 bits per heavy atom. The first kappa shape index (κ1) is 15.8. The van der Waals surface area contributed by atoms with Crippen LogP contribution in [0.4, 0.5) is 5.69 Å². The molecule has 0 bridgehead atoms. The fourth-order valence-corrected chi connectivity index (χ4v) is 3.62. The highest BCUT2D eigenvalue weighted by Gasteiger charge is 2.22. The summed E-state index contributed by atoms with van der Waals surface area (Å²) in [5.74, 6) is 0. The van der Waals surface area contributed by atoms with Gasteiger partial charge in [0.25, 0.3) is 0 Å². The first-order chi connectivity index (χ1) is 10.9. The summed E-state index contributed by atoms with van der Waals surface area (Å²) in [5, 5.41) is 13.2. The fourth-order valence-electron chi connectivity index (χ4n) is 3.62. The van der Waals surface area contributed by atoms with Crippen LogP contribution in [0.25, 0.3) is 16.7 Å². The van der Waals surface area contributed by atoms with Crippen LogP contribution >= 0.6 is 0 Å². The highest BCUT2D eigenvalue weighted by Crippen LogP contribution is 2.37. The summed E-state index contributed by atoms with van der Waals surface area (Å²) in [5.41, 5.74) is 8.44. The Hall–Kier alpha value is -2.06. The molecular weight excluding hydrogens is 282 g/mol. The van der Waals surface area contributed by atoms with Crippen LogP contribution in [0.15, 0.2) is 42.5 Å². The summed E-state index contributed by atoms with van der Waals surface area (Å²) in [4.78, 5) is 0. The number of hydrogen-bond donors (Lipinski definition) is 2. The van der Waals surface area contributed by atoms with E-state index in [1.807, 2.05) is 12.1 Å². The van der Waals surface area contributed by atoms with Crippen molar-refractivity contribution >= 4 is 11.3 Å². The van der Waals surface area contributed by atoms with E-state index in [4.69, 9.17) is 0 Å². The van der Waals surface area contributed by atoms with E-state index >= 15 is 0 Å². The average Bonchev–Trinajstić information content (AvgIpc) is 2.52. The first-order valence-electron chi connectivity index (χ1n) is 8.29. The molecule has 0 amide bonds. The highest BCUT2D eigenvalue weighted by molar-refractivity contribution is 5.84. The Morgan fingerprint density at radius 2 is 1.87 bits per heavy atom. The van der Waals surface area contributed by atoms with Gasteiger partial charge < -0.3 is 10.4 Å². The standard InChI is InChI=1S/C21H25NO/c1-5-17-16(13-23)7-6-8-18(17)15-9-10-20-19(11-15)14(2)12-21(3,4)22-20/h6-12,22-23H,5,13H2,1-4H3. The number of anilines is 1. The van der Waals surface area contributed by atoms with E-state index in [1.165, 1.54) is 33.5 Å². The molecule has 3 rings (SSSR count). The Bertz CT molecular complexity index is 771. The van der Waals surface area contributed by atoms with E-state index in [2.05, 4.69) is 63.4 Å². The van der Waals surface area contributed by atoms with E-state index < -0.39 is 0 Å². The molecule has 0 radical (unpaired) electrons. The maximum Gasteiger partial charge on any atom is 0.0684 e. The lowest BCUT2D eigenvalue weighted by Gasteiger charge is -2.31. The molecule has 23 heavy (non-hydrogen) atoms. The summed E-state index contributed by atoms with van der Waals surface area (Å²) < 4.78 is 0. The number of allylic oxidation sites excluding steroid dienone is 1. The minimum Gasteiger partial charge on any atom is -0.392 e. The molecule has 1 heterocycles. The molecule has 2 aromatic carbocycles. The van der Waals surface area contributed by atoms with Crippen LogP contribution in [0.5, 0.6) is 0 Å². The van der Waals surface area contributed by atoms with Crippen LogP contribution in [0.2, 0.25) is 0 Å². The first-order valence-corrected chi connectivity index (χ1v) is 8.29. The molecule has 0 fully saturated rings. The summed E-state index contributed by atoms with van der Waals surface area (Å²) in [6.07, 6.45) is 3.20. The van der Waals surface area contributed by atoms with Gasteiger partial charge in [-0.25, -0.2) is 0 Å². The number of aliphatic hydroxyl groups is 1. The molecule has 0 saturated heterocycles. The highest BCUT2D eigenvalue weighted by atomic mass is 16.3. The van der Waals surface area contributed by atoms with Gasteiger partial charge in [-0.3, -0.25) is 0 Å². The van der Waals surface area contributed by atoms with Gasteiger partial charge in [0.05, 0.1) is 12.1 Å². The topological polar surface area (TPSA) is 32.3 Å². The largest absolute Gasteiger partial charge is 0.392 e. The summed E-state index contributed by atoms with van der Waals surface area (Å²) in [7, 11) is 0. The van der Waals surface area contributed by atoms with Crippen molar-refractivity contribution in [2.24, 2.45) is 0 Å². The molecule has 0 atom stereocenters. The smallest absolute Gasteiger partial charge is 0.0684 e. The van der Waals surface area contributed by atoms with Gasteiger partial charge in [0.2, 0.25) is 0 Å². The molecule has 0 unspecified atom stereocenters. The zero-order chi connectivity index (χ0) is 16.6. The van der Waals surface area contributed by atoms with E-state index in [-0.39, 0.29) is 12.1 Å². The van der Waals surface area contributed by atoms with Crippen LogP contribution in [-0.2, 0) is 13.0 Å². The minimum absolute atomic E-state index is 0.00994. The van der Waals surface area contributed by atoms with Crippen molar-refractivity contribution in [2.45, 2.75) is 46.3 Å². The van der Waals surface area contributed by atoms with Crippen LogP contribution in [0.3, 0.4) is 0 Å². The molecule has 0 spiro atoms. The van der Waals surface area contributed by atoms with Crippen molar-refractivity contribution < 1.29 is 5.11 Å². The maximum absolute atomic E-state index is 9.59. The molecule has 0 aromatic heterocycles. The number of fused-ring (bicyclic) bond motifs is 1. The molecule has 120 valence electrons. The quantitative estimate of drug-likeness (QED) is 0.835. The van der Waals surface area contributed by atoms with Gasteiger partial charge in [-0.1, -0.05) is 37.3 Å². The third kappa shape index (κ3) is 2.91. The molecule has 1 aliphatic rings. The summed E-state index contributed by atoms with van der Waals surface area (Å²) >= 11 is 0. The third-order valence-corrected chi connectivity index (χ3v) is 4.59. The van der Waals surface area contributed by atoms with E-state index in [9.17, 15) is 5.11 Å². The zero-order valence-corrected chi connectivity index (χ0v) is 14.4. The van der Waals surface area contributed by atoms with Gasteiger partial charge in [0, 0.05) is 11.3 Å². The van der Waals surface area contributed by atoms with Crippen molar-refractivity contribution in [1.29, 1.82) is 0 Å². The van der Waals surface area contributed by atoms with Crippen molar-refractivity contribution in [3.63, 3.8) is 0 Å². The normalized spacial score (nSPS) is 15.6. The SMILES string of the molecule is CCc1c(CO)cccc1-c1ccc2c(c1)C(C)=CC(C)(C)N2. The Kier molecular flexibility index (Phi) is 4.03. The van der Waals surface area contributed by atoms with E-state index in [0.29, 0.717) is 0 Å². The predicted octanol–water partition coefficient (Wildman–Crippen LogP) is 5.02. The molecule has 2 heteroatoms. The van der Waals surface area contributed by atoms with Crippen LogP contribution < -0.4 is 5.32 Å². The second-order valence-corrected chi connectivity index (χ2v) is 6.89. The average molecular weight is 307 g/mol. The van der Waals surface area contributed by atoms with Gasteiger partial charge in [-0.15, -0.1) is 0 Å². The van der Waals surface area contributed by atoms with Gasteiger partial charge in [0.15, 0.2) is 0 Å². The van der Waals surface area contributed by atoms with Crippen molar-refractivity contribution in [1.82, 2.24) is 0 Å². The lowest BCUT2D eigenvalue weighted by Crippen LogP contribution is -2.31. The van der Waals surface area contributed by atoms with Gasteiger partial charge in [-0.05, 0) is 67.2 Å². The van der Waals surface area contributed by atoms with Crippen LogP contribution in [0.1, 0.15) is 44.4 Å². The molecule has 0 saturated carbocycles. The lowest BCUT2D eigenvalue weighted by atomic mass is 9.88. The lowest BCUT2D eigenvalue weighted by molar-refractivity contribution is 0.281. The number of benzene rings is 2. The second-order valence-electron chi connectivity index (χ2n) is 6.89. The fraction of sp³-hybridized carbons (Fsp3) is 0.333. The summed E-state index contributed by atoms with van der Waals surface area (Å²) in [6, 6.07) is 12.8. The van der Waals surface area contributed by atoms with Gasteiger partial charge in [-0.2, -0.15) is 0 Å². The van der Waals surface area contributed by atoms with Crippen LogP contribution in [-0.4, -0.2) is 10.6 Å². The van der Waals surface area contributed by atoms with Gasteiger partial charge >= 0.3 is 0 Å². The van der Waals surface area contributed by atoms with Crippen molar-refractivity contribution in [2.75, 3.05) is 5.32 Å². The van der Waals surface area contributed by atoms with Crippen molar-refractivity contribution in [3.8, 4) is 11.1 Å². The summed E-state index contributed by atoms with van der Waals surface area (Å²) in [6.45, 7) is 8.79. The Morgan fingerprint density at radius 1 is 1.09 bits per heavy atom. The molecule has 0 aliphatic carbocycles. The number of hydrogen-bond acceptors (Lipinski definition) is 2. The number of aliphatic hydroxyl groups excluding tert-OH is 1. The molecule has 2 aromatic rings. The molecule has 1 aliphatic heterocycles. The number of rotatable bonds is 3. The Balaban J connectivity index is 2.13. The van der Waals surface area contributed by atoms with E-state index in [0.717, 1.165) is 12.0 Å². The Labute approximate surface area is 138 Å². The third-order valence-electron chi connectivity index (χ3n) is 4.59. The maximum atomic E-state index is 9.59. The predicted molar refractivity (Wildman–Crippen MR) is 98.5 cm³/mol. The molecule has 2 N–H and O–H groups in total. The second kappa shape index (κ2) is 5.86. The molecule has 2 nitrogen and oxygen atoms in total. The zero-order valence-electron chi connectivity index (χ0n) is 14.4. The van der Waals surface area contributed by atoms with E-state index in [1.54, 1.807) is 0 Å². The minimum atomic E-state index is -0.00994. The van der Waals surface area contributed by atoms with Crippen LogP contribution in [0, 0.1) is 0 Å². The van der Waals surface area contributed by atoms with Gasteiger partial charge in [0.1, 0.15) is 0 Å². The monoisotopic (exact) mass is 307 g/mol. The van der Waals surface area contributed by atoms with Crippen molar-refractivity contribution in [3.05, 3.63) is 59.2 Å².